The SMILES string of the molecule is CN(CCOc1ccc(C[C@](C)(Nc2nc(-c3ccccc3)cs2)C(=O)O)cc1)C(=O)C1CCCCC1. The molecule has 1 aromatic heterocycles. The van der Waals surface area contributed by atoms with Crippen molar-refractivity contribution in [2.45, 2.75) is 51.0 Å². The van der Waals surface area contributed by atoms with Gasteiger partial charge in [0, 0.05) is 30.3 Å². The summed E-state index contributed by atoms with van der Waals surface area (Å²) in [6, 6.07) is 17.3. The smallest absolute Gasteiger partial charge is 0.329 e. The first-order valence-corrected chi connectivity index (χ1v) is 13.7. The maximum absolute atomic E-state index is 12.6. The van der Waals surface area contributed by atoms with Crippen LogP contribution in [0.4, 0.5) is 5.13 Å². The van der Waals surface area contributed by atoms with Gasteiger partial charge < -0.3 is 20.1 Å². The van der Waals surface area contributed by atoms with Crippen LogP contribution < -0.4 is 10.1 Å². The summed E-state index contributed by atoms with van der Waals surface area (Å²) < 4.78 is 5.85. The predicted molar refractivity (Wildman–Crippen MR) is 147 cm³/mol. The monoisotopic (exact) mass is 521 g/mol. The van der Waals surface area contributed by atoms with E-state index in [9.17, 15) is 14.7 Å². The molecule has 1 heterocycles. The average Bonchev–Trinajstić information content (AvgIpc) is 3.38. The van der Waals surface area contributed by atoms with E-state index < -0.39 is 11.5 Å². The van der Waals surface area contributed by atoms with Crippen LogP contribution in [0.2, 0.25) is 0 Å². The maximum atomic E-state index is 12.6. The summed E-state index contributed by atoms with van der Waals surface area (Å²) in [5.41, 5.74) is 1.45. The van der Waals surface area contributed by atoms with Crippen molar-refractivity contribution in [3.63, 3.8) is 0 Å². The standard InChI is InChI=1S/C29H35N3O4S/c1-29(27(34)35,31-28-30-25(20-37-28)22-9-5-3-6-10-22)19-21-13-15-24(16-14-21)36-18-17-32(2)26(33)23-11-7-4-8-12-23/h3,5-6,9-10,13-16,20,23H,4,7-8,11-12,17-19H2,1-2H3,(H,30,31)(H,34,35)/t29-/m0/s1. The second-order valence-electron chi connectivity index (χ2n) is 9.93. The number of aromatic nitrogens is 1. The molecule has 0 saturated heterocycles. The molecule has 1 amide bonds. The maximum Gasteiger partial charge on any atom is 0.329 e. The highest BCUT2D eigenvalue weighted by Crippen LogP contribution is 2.29. The number of carbonyl (C=O) groups excluding carboxylic acids is 1. The third kappa shape index (κ3) is 7.10. The number of thiazole rings is 1. The zero-order chi connectivity index (χ0) is 26.3. The molecule has 0 spiro atoms. The molecule has 0 bridgehead atoms. The lowest BCUT2D eigenvalue weighted by Crippen LogP contribution is -2.45. The fraction of sp³-hybridized carbons (Fsp3) is 0.414. The van der Waals surface area contributed by atoms with Crippen LogP contribution in [0.15, 0.2) is 60.0 Å². The first kappa shape index (κ1) is 26.7. The molecule has 1 fully saturated rings. The van der Waals surface area contributed by atoms with Gasteiger partial charge in [0.1, 0.15) is 17.9 Å². The van der Waals surface area contributed by atoms with E-state index >= 15 is 0 Å². The summed E-state index contributed by atoms with van der Waals surface area (Å²) in [5, 5.41) is 15.6. The molecule has 196 valence electrons. The molecule has 0 aliphatic heterocycles. The number of ether oxygens (including phenoxy) is 1. The molecule has 2 aromatic carbocycles. The molecule has 3 aromatic rings. The highest BCUT2D eigenvalue weighted by molar-refractivity contribution is 7.14. The van der Waals surface area contributed by atoms with Crippen molar-refractivity contribution in [1.29, 1.82) is 0 Å². The Labute approximate surface area is 222 Å². The van der Waals surface area contributed by atoms with Crippen LogP contribution in [0.25, 0.3) is 11.3 Å². The Hall–Kier alpha value is -3.39. The number of rotatable bonds is 11. The van der Waals surface area contributed by atoms with E-state index in [-0.39, 0.29) is 18.2 Å². The van der Waals surface area contributed by atoms with Gasteiger partial charge in [-0.25, -0.2) is 9.78 Å². The third-order valence-electron chi connectivity index (χ3n) is 6.94. The molecule has 4 rings (SSSR count). The van der Waals surface area contributed by atoms with Crippen molar-refractivity contribution in [1.82, 2.24) is 9.88 Å². The Morgan fingerprint density at radius 1 is 1.11 bits per heavy atom. The van der Waals surface area contributed by atoms with Crippen LogP contribution in [0, 0.1) is 5.92 Å². The molecular formula is C29H35N3O4S. The summed E-state index contributed by atoms with van der Waals surface area (Å²) in [4.78, 5) is 31.2. The first-order valence-electron chi connectivity index (χ1n) is 12.8. The number of benzene rings is 2. The van der Waals surface area contributed by atoms with Crippen LogP contribution >= 0.6 is 11.3 Å². The molecule has 1 aliphatic carbocycles. The second-order valence-corrected chi connectivity index (χ2v) is 10.8. The van der Waals surface area contributed by atoms with Crippen LogP contribution in [0.5, 0.6) is 5.75 Å². The van der Waals surface area contributed by atoms with Crippen molar-refractivity contribution in [2.24, 2.45) is 5.92 Å². The van der Waals surface area contributed by atoms with Gasteiger partial charge in [0.2, 0.25) is 5.91 Å². The molecule has 2 N–H and O–H groups in total. The number of hydrogen-bond donors (Lipinski definition) is 2. The first-order chi connectivity index (χ1) is 17.8. The van der Waals surface area contributed by atoms with Crippen molar-refractivity contribution in [3.8, 4) is 17.0 Å². The fourth-order valence-corrected chi connectivity index (χ4v) is 5.51. The van der Waals surface area contributed by atoms with E-state index in [1.165, 1.54) is 17.8 Å². The summed E-state index contributed by atoms with van der Waals surface area (Å²) in [5.74, 6) is 0.120. The lowest BCUT2D eigenvalue weighted by Gasteiger charge is -2.26. The van der Waals surface area contributed by atoms with Crippen molar-refractivity contribution in [2.75, 3.05) is 25.5 Å². The van der Waals surface area contributed by atoms with E-state index in [1.807, 2.05) is 67.0 Å². The van der Waals surface area contributed by atoms with Crippen LogP contribution in [0.1, 0.15) is 44.6 Å². The summed E-state index contributed by atoms with van der Waals surface area (Å²) in [7, 11) is 1.84. The van der Waals surface area contributed by atoms with Gasteiger partial charge in [-0.15, -0.1) is 11.3 Å². The van der Waals surface area contributed by atoms with Crippen molar-refractivity contribution < 1.29 is 19.4 Å². The number of nitrogens with zero attached hydrogens (tertiary/aromatic N) is 2. The van der Waals surface area contributed by atoms with Crippen LogP contribution in [-0.2, 0) is 16.0 Å². The Bertz CT molecular complexity index is 1180. The zero-order valence-electron chi connectivity index (χ0n) is 21.5. The van der Waals surface area contributed by atoms with Gasteiger partial charge in [-0.05, 0) is 37.5 Å². The number of likely N-dealkylation sites (N-methyl/N-ethyl adjacent to an activating group) is 1. The summed E-state index contributed by atoms with van der Waals surface area (Å²) >= 11 is 1.39. The van der Waals surface area contributed by atoms with E-state index in [0.29, 0.717) is 24.0 Å². The number of amides is 1. The number of aliphatic carboxylic acids is 1. The van der Waals surface area contributed by atoms with Crippen LogP contribution in [0.3, 0.4) is 0 Å². The number of nitrogens with one attached hydrogen (secondary N) is 1. The average molecular weight is 522 g/mol. The van der Waals surface area contributed by atoms with Crippen molar-refractivity contribution in [3.05, 3.63) is 65.5 Å². The van der Waals surface area contributed by atoms with Gasteiger partial charge in [-0.1, -0.05) is 61.7 Å². The number of anilines is 1. The molecule has 0 unspecified atom stereocenters. The van der Waals surface area contributed by atoms with Gasteiger partial charge in [-0.3, -0.25) is 4.79 Å². The Morgan fingerprint density at radius 2 is 1.81 bits per heavy atom. The van der Waals surface area contributed by atoms with Gasteiger partial charge in [0.25, 0.3) is 0 Å². The topological polar surface area (TPSA) is 91.8 Å². The molecular weight excluding hydrogens is 486 g/mol. The lowest BCUT2D eigenvalue weighted by atomic mass is 9.88. The van der Waals surface area contributed by atoms with E-state index in [1.54, 1.807) is 11.8 Å². The van der Waals surface area contributed by atoms with Gasteiger partial charge in [0.15, 0.2) is 5.13 Å². The normalized spacial score (nSPS) is 15.5. The molecule has 8 heteroatoms. The third-order valence-corrected chi connectivity index (χ3v) is 7.69. The Balaban J connectivity index is 1.30. The molecule has 1 aliphatic rings. The fourth-order valence-electron chi connectivity index (χ4n) is 4.67. The molecule has 37 heavy (non-hydrogen) atoms. The Morgan fingerprint density at radius 3 is 2.49 bits per heavy atom. The molecule has 7 nitrogen and oxygen atoms in total. The van der Waals surface area contributed by atoms with Crippen molar-refractivity contribution >= 4 is 28.3 Å². The van der Waals surface area contributed by atoms with E-state index in [0.717, 1.165) is 42.5 Å². The number of carboxylic acid groups (broad SMARTS) is 1. The number of hydrogen-bond acceptors (Lipinski definition) is 6. The van der Waals surface area contributed by atoms with E-state index in [2.05, 4.69) is 10.3 Å². The minimum absolute atomic E-state index is 0.157. The molecule has 1 saturated carbocycles. The number of carboxylic acids is 1. The second kappa shape index (κ2) is 12.2. The highest BCUT2D eigenvalue weighted by Gasteiger charge is 2.34. The molecule has 0 radical (unpaired) electrons. The molecule has 1 atom stereocenters. The zero-order valence-corrected chi connectivity index (χ0v) is 22.3. The summed E-state index contributed by atoms with van der Waals surface area (Å²) in [6.07, 6.45) is 5.78. The van der Waals surface area contributed by atoms with Gasteiger partial charge in [-0.2, -0.15) is 0 Å². The number of carbonyl (C=O) groups is 2. The predicted octanol–water partition coefficient (Wildman–Crippen LogP) is 5.73. The van der Waals surface area contributed by atoms with Gasteiger partial charge in [0.05, 0.1) is 12.2 Å². The Kier molecular flexibility index (Phi) is 8.82. The minimum atomic E-state index is -1.23. The lowest BCUT2D eigenvalue weighted by molar-refractivity contribution is -0.141. The highest BCUT2D eigenvalue weighted by atomic mass is 32.1. The minimum Gasteiger partial charge on any atom is -0.492 e. The van der Waals surface area contributed by atoms with Gasteiger partial charge >= 0.3 is 5.97 Å². The summed E-state index contributed by atoms with van der Waals surface area (Å²) in [6.45, 7) is 2.62. The quantitative estimate of drug-likeness (QED) is 0.335. The largest absolute Gasteiger partial charge is 0.492 e. The van der Waals surface area contributed by atoms with E-state index in [4.69, 9.17) is 4.74 Å². The van der Waals surface area contributed by atoms with Crippen LogP contribution in [-0.4, -0.2) is 52.6 Å².